The number of hydrogen-bond donors (Lipinski definition) is 1. The number of nitro groups is 1. The van der Waals surface area contributed by atoms with E-state index in [1.165, 1.54) is 0 Å². The van der Waals surface area contributed by atoms with E-state index in [2.05, 4.69) is 0 Å². The molecule has 1 heterocycles. The van der Waals surface area contributed by atoms with Crippen LogP contribution in [0.3, 0.4) is 0 Å². The summed E-state index contributed by atoms with van der Waals surface area (Å²) >= 11 is 0. The van der Waals surface area contributed by atoms with Gasteiger partial charge in [-0.15, -0.1) is 0 Å². The number of hydrogen-bond acceptors (Lipinski definition) is 5. The van der Waals surface area contributed by atoms with Gasteiger partial charge in [0.15, 0.2) is 0 Å². The summed E-state index contributed by atoms with van der Waals surface area (Å²) in [5.74, 6) is -2.46. The van der Waals surface area contributed by atoms with Crippen LogP contribution in [0.5, 0.6) is 0 Å². The minimum absolute atomic E-state index is 0.0449. The zero-order valence-electron chi connectivity index (χ0n) is 10.6. The quantitative estimate of drug-likeness (QED) is 0.634. The topological polar surface area (TPSA) is 118 Å². The van der Waals surface area contributed by atoms with Crippen LogP contribution >= 0.6 is 0 Å². The fourth-order valence-corrected chi connectivity index (χ4v) is 3.71. The molecule has 0 spiro atoms. The van der Waals surface area contributed by atoms with Crippen molar-refractivity contribution < 1.29 is 27.6 Å². The monoisotopic (exact) mass is 318 g/mol. The number of carboxylic acid groups (broad SMARTS) is 1. The predicted molar refractivity (Wildman–Crippen MR) is 67.6 cm³/mol. The summed E-state index contributed by atoms with van der Waals surface area (Å²) in [6, 6.07) is 2.26. The van der Waals surface area contributed by atoms with Crippen LogP contribution in [0.1, 0.15) is 6.42 Å². The van der Waals surface area contributed by atoms with E-state index >= 15 is 0 Å². The number of benzene rings is 1. The molecule has 1 fully saturated rings. The third kappa shape index (κ3) is 3.00. The zero-order chi connectivity index (χ0) is 15.8. The molecule has 1 N–H and O–H groups in total. The Morgan fingerprint density at radius 3 is 2.62 bits per heavy atom. The standard InChI is InChI=1S/C11H11FN2O6S/c12-9-2-1-8(14(17)18)4-10(9)21(19,20)13-5-7(6-13)3-11(15)16/h1-2,4,7H,3,5-6H2,(H,15,16). The van der Waals surface area contributed by atoms with Crippen LogP contribution in [0.4, 0.5) is 10.1 Å². The number of sulfonamides is 1. The fraction of sp³-hybridized carbons (Fsp3) is 0.364. The maximum Gasteiger partial charge on any atom is 0.303 e. The molecule has 10 heteroatoms. The lowest BCUT2D eigenvalue weighted by Crippen LogP contribution is -2.50. The third-order valence-corrected chi connectivity index (χ3v) is 4.98. The first-order valence-corrected chi connectivity index (χ1v) is 7.31. The van der Waals surface area contributed by atoms with E-state index in [1.54, 1.807) is 0 Å². The van der Waals surface area contributed by atoms with Gasteiger partial charge in [-0.3, -0.25) is 14.9 Å². The van der Waals surface area contributed by atoms with Gasteiger partial charge >= 0.3 is 5.97 Å². The van der Waals surface area contributed by atoms with Gasteiger partial charge in [-0.05, 0) is 12.0 Å². The highest BCUT2D eigenvalue weighted by atomic mass is 32.2. The van der Waals surface area contributed by atoms with Gasteiger partial charge < -0.3 is 5.11 Å². The highest BCUT2D eigenvalue weighted by molar-refractivity contribution is 7.89. The van der Waals surface area contributed by atoms with E-state index in [0.29, 0.717) is 6.07 Å². The molecule has 0 amide bonds. The summed E-state index contributed by atoms with van der Waals surface area (Å²) in [4.78, 5) is 19.5. The number of nitro benzene ring substituents is 1. The van der Waals surface area contributed by atoms with Crippen molar-refractivity contribution in [3.05, 3.63) is 34.1 Å². The van der Waals surface area contributed by atoms with Crippen molar-refractivity contribution >= 4 is 21.7 Å². The van der Waals surface area contributed by atoms with E-state index in [-0.39, 0.29) is 25.4 Å². The van der Waals surface area contributed by atoms with E-state index in [9.17, 15) is 27.7 Å². The van der Waals surface area contributed by atoms with Gasteiger partial charge in [0.05, 0.1) is 11.3 Å². The Balaban J connectivity index is 2.23. The highest BCUT2D eigenvalue weighted by Gasteiger charge is 2.39. The Bertz CT molecular complexity index is 699. The average Bonchev–Trinajstić information content (AvgIpc) is 2.32. The number of aliphatic carboxylic acids is 1. The lowest BCUT2D eigenvalue weighted by atomic mass is 10.00. The number of halogens is 1. The van der Waals surface area contributed by atoms with Crippen LogP contribution in [0.15, 0.2) is 23.1 Å². The lowest BCUT2D eigenvalue weighted by Gasteiger charge is -2.37. The maximum atomic E-state index is 13.6. The summed E-state index contributed by atoms with van der Waals surface area (Å²) in [7, 11) is -4.20. The van der Waals surface area contributed by atoms with Crippen molar-refractivity contribution in [3.63, 3.8) is 0 Å². The van der Waals surface area contributed by atoms with E-state index in [1.807, 2.05) is 0 Å². The Labute approximate surface area is 119 Å². The van der Waals surface area contributed by atoms with Crippen LogP contribution in [0, 0.1) is 21.8 Å². The van der Waals surface area contributed by atoms with Crippen LogP contribution in [0.2, 0.25) is 0 Å². The third-order valence-electron chi connectivity index (χ3n) is 3.13. The first kappa shape index (κ1) is 15.3. The smallest absolute Gasteiger partial charge is 0.303 e. The normalized spacial score (nSPS) is 16.4. The minimum atomic E-state index is -4.20. The second-order valence-corrected chi connectivity index (χ2v) is 6.56. The summed E-state index contributed by atoms with van der Waals surface area (Å²) in [6.07, 6.45) is -0.177. The lowest BCUT2D eigenvalue weighted by molar-refractivity contribution is -0.385. The van der Waals surface area contributed by atoms with Crippen molar-refractivity contribution in [1.82, 2.24) is 4.31 Å². The first-order valence-electron chi connectivity index (χ1n) is 5.87. The Morgan fingerprint density at radius 1 is 1.48 bits per heavy atom. The molecule has 0 radical (unpaired) electrons. The van der Waals surface area contributed by atoms with E-state index in [0.717, 1.165) is 16.4 Å². The zero-order valence-corrected chi connectivity index (χ0v) is 11.4. The van der Waals surface area contributed by atoms with Gasteiger partial charge in [0.1, 0.15) is 10.7 Å². The molecule has 0 unspecified atom stereocenters. The minimum Gasteiger partial charge on any atom is -0.481 e. The number of nitrogens with zero attached hydrogens (tertiary/aromatic N) is 2. The Hall–Kier alpha value is -2.07. The van der Waals surface area contributed by atoms with Crippen LogP contribution in [-0.2, 0) is 14.8 Å². The second-order valence-electron chi connectivity index (χ2n) is 4.66. The van der Waals surface area contributed by atoms with Gasteiger partial charge in [-0.25, -0.2) is 12.8 Å². The molecule has 114 valence electrons. The van der Waals surface area contributed by atoms with Crippen LogP contribution < -0.4 is 0 Å². The van der Waals surface area contributed by atoms with Gasteiger partial charge in [0.2, 0.25) is 10.0 Å². The molecule has 0 atom stereocenters. The van der Waals surface area contributed by atoms with Crippen molar-refractivity contribution in [2.75, 3.05) is 13.1 Å². The molecule has 1 aromatic carbocycles. The Kier molecular flexibility index (Phi) is 3.92. The molecule has 1 saturated heterocycles. The molecule has 8 nitrogen and oxygen atoms in total. The van der Waals surface area contributed by atoms with Gasteiger partial charge in [-0.1, -0.05) is 0 Å². The van der Waals surface area contributed by atoms with Crippen molar-refractivity contribution in [3.8, 4) is 0 Å². The molecule has 21 heavy (non-hydrogen) atoms. The SMILES string of the molecule is O=C(O)CC1CN(S(=O)(=O)c2cc([N+](=O)[O-])ccc2F)C1. The number of carbonyl (C=O) groups is 1. The molecule has 1 aromatic rings. The average molecular weight is 318 g/mol. The molecule has 1 aliphatic heterocycles. The number of carboxylic acids is 1. The van der Waals surface area contributed by atoms with Gasteiger partial charge in [0.25, 0.3) is 5.69 Å². The number of rotatable bonds is 5. The van der Waals surface area contributed by atoms with Gasteiger partial charge in [-0.2, -0.15) is 4.31 Å². The molecule has 0 aliphatic carbocycles. The van der Waals surface area contributed by atoms with E-state index < -0.39 is 37.3 Å². The molecular formula is C11H11FN2O6S. The molecule has 0 aromatic heterocycles. The maximum absolute atomic E-state index is 13.6. The molecular weight excluding hydrogens is 307 g/mol. The summed E-state index contributed by atoms with van der Waals surface area (Å²) in [6.45, 7) is -0.0898. The van der Waals surface area contributed by atoms with Crippen LogP contribution in [-0.4, -0.2) is 41.8 Å². The Morgan fingerprint density at radius 2 is 2.10 bits per heavy atom. The molecule has 1 aliphatic rings. The second kappa shape index (κ2) is 5.37. The summed E-state index contributed by atoms with van der Waals surface area (Å²) < 4.78 is 38.9. The molecule has 0 saturated carbocycles. The van der Waals surface area contributed by atoms with Crippen LogP contribution in [0.25, 0.3) is 0 Å². The molecule has 2 rings (SSSR count). The first-order chi connectivity index (χ1) is 9.71. The molecule has 0 bridgehead atoms. The van der Waals surface area contributed by atoms with Crippen molar-refractivity contribution in [2.24, 2.45) is 5.92 Å². The van der Waals surface area contributed by atoms with E-state index in [4.69, 9.17) is 5.11 Å². The predicted octanol–water partition coefficient (Wildman–Crippen LogP) is 0.829. The van der Waals surface area contributed by atoms with Crippen molar-refractivity contribution in [1.29, 1.82) is 0 Å². The summed E-state index contributed by atoms with van der Waals surface area (Å²) in [5.41, 5.74) is -0.530. The van der Waals surface area contributed by atoms with Crippen molar-refractivity contribution in [2.45, 2.75) is 11.3 Å². The number of non-ortho nitro benzene ring substituents is 1. The fourth-order valence-electron chi connectivity index (χ4n) is 2.04. The van der Waals surface area contributed by atoms with Gasteiger partial charge in [0, 0.05) is 25.2 Å². The highest BCUT2D eigenvalue weighted by Crippen LogP contribution is 2.30. The largest absolute Gasteiger partial charge is 0.481 e. The summed E-state index contributed by atoms with van der Waals surface area (Å²) in [5, 5.41) is 19.2.